The van der Waals surface area contributed by atoms with Crippen molar-refractivity contribution >= 4 is 0 Å². The maximum Gasteiger partial charge on any atom is 0.262 e. The molecule has 0 bridgehead atoms. The summed E-state index contributed by atoms with van der Waals surface area (Å²) in [6.45, 7) is 2.05. The van der Waals surface area contributed by atoms with E-state index >= 15 is 0 Å². The zero-order valence-corrected chi connectivity index (χ0v) is 5.46. The first-order valence-electron chi connectivity index (χ1n) is 2.59. The van der Waals surface area contributed by atoms with E-state index in [1.54, 1.807) is 6.92 Å². The van der Waals surface area contributed by atoms with E-state index in [9.17, 15) is 8.78 Å². The Bertz CT molecular complexity index is 126. The minimum atomic E-state index is -2.66. The Labute approximate surface area is 53.4 Å². The first-order valence-corrected chi connectivity index (χ1v) is 2.59. The molecule has 1 nitrogen and oxygen atoms in total. The topological polar surface area (TPSA) is 12.0 Å². The van der Waals surface area contributed by atoms with Crippen molar-refractivity contribution in [2.24, 2.45) is 0 Å². The predicted octanol–water partition coefficient (Wildman–Crippen LogP) is 1.21. The van der Waals surface area contributed by atoms with Crippen LogP contribution in [0.4, 0.5) is 8.78 Å². The van der Waals surface area contributed by atoms with Gasteiger partial charge in [0.2, 0.25) is 0 Å². The normalized spacial score (nSPS) is 9.78. The lowest BCUT2D eigenvalue weighted by Crippen LogP contribution is -2.26. The number of hydrogen-bond donors (Lipinski definition) is 1. The number of hydrogen-bond acceptors (Lipinski definition) is 1. The SMILES string of the molecule is CC#CNCC(C)(F)F. The fourth-order valence-electron chi connectivity index (χ4n) is 0.288. The molecule has 0 unspecified atom stereocenters. The van der Waals surface area contributed by atoms with E-state index in [0.29, 0.717) is 0 Å². The Hall–Kier alpha value is -0.780. The number of nitrogens with one attached hydrogen (secondary N) is 1. The lowest BCUT2D eigenvalue weighted by molar-refractivity contribution is 0.0267. The van der Waals surface area contributed by atoms with Gasteiger partial charge in [0.05, 0.1) is 6.54 Å². The van der Waals surface area contributed by atoms with E-state index in [1.165, 1.54) is 0 Å². The van der Waals surface area contributed by atoms with Gasteiger partial charge in [0.15, 0.2) is 0 Å². The molecule has 0 aromatic carbocycles. The van der Waals surface area contributed by atoms with Gasteiger partial charge in [-0.05, 0) is 6.92 Å². The molecule has 0 rings (SSSR count). The summed E-state index contributed by atoms with van der Waals surface area (Å²) >= 11 is 0. The molecule has 0 aliphatic heterocycles. The van der Waals surface area contributed by atoms with Crippen molar-refractivity contribution in [2.75, 3.05) is 6.54 Å². The van der Waals surface area contributed by atoms with Crippen molar-refractivity contribution in [3.05, 3.63) is 0 Å². The molecule has 0 heterocycles. The van der Waals surface area contributed by atoms with Crippen LogP contribution in [0.2, 0.25) is 0 Å². The standard InChI is InChI=1S/C6H9F2N/c1-3-4-9-5-6(2,7)8/h9H,5H2,1-2H3. The van der Waals surface area contributed by atoms with Crippen LogP contribution in [0.3, 0.4) is 0 Å². The third-order valence-electron chi connectivity index (χ3n) is 0.612. The van der Waals surface area contributed by atoms with Crippen LogP contribution in [0.5, 0.6) is 0 Å². The molecule has 0 fully saturated rings. The van der Waals surface area contributed by atoms with E-state index in [-0.39, 0.29) is 6.54 Å². The second-order valence-corrected chi connectivity index (χ2v) is 1.80. The van der Waals surface area contributed by atoms with E-state index in [4.69, 9.17) is 0 Å². The molecule has 0 aliphatic carbocycles. The van der Waals surface area contributed by atoms with Crippen LogP contribution >= 0.6 is 0 Å². The Kier molecular flexibility index (Phi) is 3.00. The van der Waals surface area contributed by atoms with Gasteiger partial charge in [-0.25, -0.2) is 8.78 Å². The summed E-state index contributed by atoms with van der Waals surface area (Å²) < 4.78 is 23.8. The Morgan fingerprint density at radius 3 is 2.44 bits per heavy atom. The average Bonchev–Trinajstić information content (AvgIpc) is 1.63. The van der Waals surface area contributed by atoms with Gasteiger partial charge < -0.3 is 5.32 Å². The van der Waals surface area contributed by atoms with Crippen LogP contribution in [-0.2, 0) is 0 Å². The molecule has 1 N–H and O–H groups in total. The van der Waals surface area contributed by atoms with Crippen molar-refractivity contribution in [3.8, 4) is 12.0 Å². The minimum Gasteiger partial charge on any atom is -0.340 e. The van der Waals surface area contributed by atoms with Crippen molar-refractivity contribution in [2.45, 2.75) is 19.8 Å². The smallest absolute Gasteiger partial charge is 0.262 e. The highest BCUT2D eigenvalue weighted by atomic mass is 19.3. The molecule has 0 aromatic rings. The zero-order chi connectivity index (χ0) is 7.33. The first kappa shape index (κ1) is 8.22. The van der Waals surface area contributed by atoms with Crippen molar-refractivity contribution in [3.63, 3.8) is 0 Å². The van der Waals surface area contributed by atoms with E-state index in [0.717, 1.165) is 6.92 Å². The van der Waals surface area contributed by atoms with Crippen LogP contribution < -0.4 is 5.32 Å². The van der Waals surface area contributed by atoms with Gasteiger partial charge in [0, 0.05) is 13.0 Å². The number of halogens is 2. The summed E-state index contributed by atoms with van der Waals surface area (Å²) in [5.41, 5.74) is 0. The Morgan fingerprint density at radius 2 is 2.11 bits per heavy atom. The molecule has 0 saturated carbocycles. The molecule has 0 amide bonds. The van der Waals surface area contributed by atoms with E-state index in [1.807, 2.05) is 0 Å². The Balaban J connectivity index is 3.36. The van der Waals surface area contributed by atoms with E-state index in [2.05, 4.69) is 17.3 Å². The molecular formula is C6H9F2N. The predicted molar refractivity (Wildman–Crippen MR) is 32.1 cm³/mol. The number of rotatable bonds is 2. The summed E-state index contributed by atoms with van der Waals surface area (Å²) in [6.07, 6.45) is 0. The summed E-state index contributed by atoms with van der Waals surface area (Å²) in [4.78, 5) is 0. The molecule has 52 valence electrons. The average molecular weight is 133 g/mol. The van der Waals surface area contributed by atoms with Crippen LogP contribution in [0, 0.1) is 12.0 Å². The first-order chi connectivity index (χ1) is 4.06. The van der Waals surface area contributed by atoms with Gasteiger partial charge in [0.1, 0.15) is 0 Å². The zero-order valence-electron chi connectivity index (χ0n) is 5.46. The van der Waals surface area contributed by atoms with Crippen molar-refractivity contribution < 1.29 is 8.78 Å². The minimum absolute atomic E-state index is 0.381. The highest BCUT2D eigenvalue weighted by molar-refractivity contribution is 4.92. The summed E-state index contributed by atoms with van der Waals surface area (Å²) in [5, 5.41) is 2.26. The van der Waals surface area contributed by atoms with Gasteiger partial charge in [-0.3, -0.25) is 0 Å². The third-order valence-corrected chi connectivity index (χ3v) is 0.612. The third kappa shape index (κ3) is 7.22. The highest BCUT2D eigenvalue weighted by Crippen LogP contribution is 2.07. The summed E-state index contributed by atoms with van der Waals surface area (Å²) in [6, 6.07) is 2.32. The van der Waals surface area contributed by atoms with Gasteiger partial charge in [-0.1, -0.05) is 5.92 Å². The van der Waals surface area contributed by atoms with Crippen LogP contribution in [0.1, 0.15) is 13.8 Å². The van der Waals surface area contributed by atoms with Gasteiger partial charge in [0.25, 0.3) is 5.92 Å². The van der Waals surface area contributed by atoms with Crippen LogP contribution in [-0.4, -0.2) is 12.5 Å². The Morgan fingerprint density at radius 1 is 1.56 bits per heavy atom. The highest BCUT2D eigenvalue weighted by Gasteiger charge is 2.19. The lowest BCUT2D eigenvalue weighted by Gasteiger charge is -2.06. The number of alkyl halides is 2. The summed E-state index contributed by atoms with van der Waals surface area (Å²) in [5.74, 6) is -0.217. The second-order valence-electron chi connectivity index (χ2n) is 1.80. The van der Waals surface area contributed by atoms with Gasteiger partial charge in [-0.15, -0.1) is 0 Å². The molecule has 3 heteroatoms. The fraction of sp³-hybridized carbons (Fsp3) is 0.667. The fourth-order valence-corrected chi connectivity index (χ4v) is 0.288. The van der Waals surface area contributed by atoms with Crippen molar-refractivity contribution in [1.29, 1.82) is 0 Å². The van der Waals surface area contributed by atoms with E-state index < -0.39 is 5.92 Å². The summed E-state index contributed by atoms with van der Waals surface area (Å²) in [7, 11) is 0. The van der Waals surface area contributed by atoms with Crippen LogP contribution in [0.15, 0.2) is 0 Å². The monoisotopic (exact) mass is 133 g/mol. The molecule has 0 atom stereocenters. The van der Waals surface area contributed by atoms with Crippen LogP contribution in [0.25, 0.3) is 0 Å². The molecule has 0 aliphatic rings. The molecule has 0 spiro atoms. The quantitative estimate of drug-likeness (QED) is 0.441. The largest absolute Gasteiger partial charge is 0.340 e. The molecule has 0 radical (unpaired) electrons. The van der Waals surface area contributed by atoms with Crippen molar-refractivity contribution in [1.82, 2.24) is 5.32 Å². The molecule has 9 heavy (non-hydrogen) atoms. The molecule has 0 aromatic heterocycles. The maximum absolute atomic E-state index is 11.9. The second kappa shape index (κ2) is 3.29. The van der Waals surface area contributed by atoms with Gasteiger partial charge in [-0.2, -0.15) is 0 Å². The van der Waals surface area contributed by atoms with Gasteiger partial charge >= 0.3 is 0 Å². The lowest BCUT2D eigenvalue weighted by atomic mass is 10.4. The maximum atomic E-state index is 11.9. The molecular weight excluding hydrogens is 124 g/mol. The molecule has 0 saturated heterocycles.